The number of thiazole rings is 1. The normalized spacial score (nSPS) is 10.7. The predicted octanol–water partition coefficient (Wildman–Crippen LogP) is 0.931. The van der Waals surface area contributed by atoms with Crippen molar-refractivity contribution in [3.8, 4) is 0 Å². The lowest BCUT2D eigenvalue weighted by molar-refractivity contribution is 0.476. The van der Waals surface area contributed by atoms with Crippen molar-refractivity contribution < 1.29 is 4.42 Å². The van der Waals surface area contributed by atoms with E-state index in [9.17, 15) is 4.79 Å². The Morgan fingerprint density at radius 1 is 1.44 bits per heavy atom. The lowest BCUT2D eigenvalue weighted by atomic mass is 10.5. The van der Waals surface area contributed by atoms with E-state index in [-0.39, 0.29) is 4.87 Å². The molecule has 0 spiro atoms. The molecule has 7 nitrogen and oxygen atoms in total. The number of anilines is 1. The highest BCUT2D eigenvalue weighted by molar-refractivity contribution is 7.07. The Bertz CT molecular complexity index is 532. The maximum Gasteiger partial charge on any atom is 0.315 e. The van der Waals surface area contributed by atoms with Crippen LogP contribution in [0.15, 0.2) is 14.6 Å². The van der Waals surface area contributed by atoms with Gasteiger partial charge in [-0.1, -0.05) is 23.4 Å². The first kappa shape index (κ1) is 12.8. The summed E-state index contributed by atoms with van der Waals surface area (Å²) in [5.41, 5.74) is 0.800. The first-order valence-electron chi connectivity index (χ1n) is 5.71. The van der Waals surface area contributed by atoms with E-state index < -0.39 is 0 Å². The highest BCUT2D eigenvalue weighted by Gasteiger charge is 2.05. The topological polar surface area (TPSA) is 95.8 Å². The second-order valence-electron chi connectivity index (χ2n) is 3.70. The van der Waals surface area contributed by atoms with E-state index in [2.05, 4.69) is 32.7 Å². The average molecular weight is 269 g/mol. The van der Waals surface area contributed by atoms with Crippen molar-refractivity contribution in [2.75, 3.05) is 11.9 Å². The Labute approximate surface area is 108 Å². The molecule has 0 aliphatic carbocycles. The van der Waals surface area contributed by atoms with E-state index in [4.69, 9.17) is 4.42 Å². The van der Waals surface area contributed by atoms with Gasteiger partial charge < -0.3 is 20.0 Å². The summed E-state index contributed by atoms with van der Waals surface area (Å²) in [4.78, 5) is 13.6. The molecule has 18 heavy (non-hydrogen) atoms. The first-order chi connectivity index (χ1) is 8.78. The Morgan fingerprint density at radius 3 is 3.06 bits per heavy atom. The number of nitrogens with one attached hydrogen (secondary N) is 3. The summed E-state index contributed by atoms with van der Waals surface area (Å²) in [6.45, 7) is 4.04. The molecule has 8 heteroatoms. The molecule has 98 valence electrons. The van der Waals surface area contributed by atoms with Crippen molar-refractivity contribution in [2.24, 2.45) is 0 Å². The fourth-order valence-electron chi connectivity index (χ4n) is 1.34. The Hall–Kier alpha value is -1.67. The number of hydrogen-bond acceptors (Lipinski definition) is 7. The fraction of sp³-hybridized carbons (Fsp3) is 0.500. The van der Waals surface area contributed by atoms with Crippen molar-refractivity contribution in [1.82, 2.24) is 20.5 Å². The molecule has 0 saturated heterocycles. The smallest absolute Gasteiger partial charge is 0.315 e. The van der Waals surface area contributed by atoms with Crippen LogP contribution < -0.4 is 15.5 Å². The van der Waals surface area contributed by atoms with Gasteiger partial charge in [0.2, 0.25) is 5.89 Å². The minimum absolute atomic E-state index is 0.0678. The van der Waals surface area contributed by atoms with Gasteiger partial charge in [-0.3, -0.25) is 4.79 Å². The van der Waals surface area contributed by atoms with Gasteiger partial charge in [0.05, 0.1) is 13.1 Å². The third kappa shape index (κ3) is 3.67. The minimum Gasteiger partial charge on any atom is -0.407 e. The van der Waals surface area contributed by atoms with Gasteiger partial charge in [0.25, 0.3) is 0 Å². The molecule has 0 amide bonds. The maximum absolute atomic E-state index is 10.9. The van der Waals surface area contributed by atoms with Gasteiger partial charge in [-0.2, -0.15) is 0 Å². The first-order valence-corrected chi connectivity index (χ1v) is 6.59. The van der Waals surface area contributed by atoms with Crippen LogP contribution in [0.4, 0.5) is 6.01 Å². The molecular formula is C10H15N5O2S. The zero-order valence-corrected chi connectivity index (χ0v) is 10.8. The third-order valence-electron chi connectivity index (χ3n) is 2.17. The second kappa shape index (κ2) is 6.31. The van der Waals surface area contributed by atoms with E-state index in [0.29, 0.717) is 25.0 Å². The molecule has 2 rings (SSSR count). The van der Waals surface area contributed by atoms with Gasteiger partial charge in [-0.25, -0.2) is 0 Å². The number of H-pyrrole nitrogens is 1. The van der Waals surface area contributed by atoms with Crippen LogP contribution in [-0.4, -0.2) is 21.7 Å². The van der Waals surface area contributed by atoms with Crippen LogP contribution in [0.3, 0.4) is 0 Å². The molecule has 0 saturated carbocycles. The lowest BCUT2D eigenvalue weighted by Gasteiger charge is -1.98. The SMILES string of the molecule is CCCNCc1nnc(NCc2csc(=O)[nH]2)o1. The highest BCUT2D eigenvalue weighted by atomic mass is 32.1. The molecular weight excluding hydrogens is 254 g/mol. The van der Waals surface area contributed by atoms with Gasteiger partial charge in [0, 0.05) is 11.1 Å². The van der Waals surface area contributed by atoms with Crippen LogP contribution in [0.2, 0.25) is 0 Å². The number of hydrogen-bond donors (Lipinski definition) is 3. The van der Waals surface area contributed by atoms with E-state index in [1.807, 2.05) is 0 Å². The van der Waals surface area contributed by atoms with Crippen LogP contribution in [-0.2, 0) is 13.1 Å². The van der Waals surface area contributed by atoms with Gasteiger partial charge in [-0.15, -0.1) is 5.10 Å². The van der Waals surface area contributed by atoms with Crippen molar-refractivity contribution >= 4 is 17.4 Å². The lowest BCUT2D eigenvalue weighted by Crippen LogP contribution is -2.13. The van der Waals surface area contributed by atoms with Crippen LogP contribution in [0, 0.1) is 0 Å². The van der Waals surface area contributed by atoms with Crippen molar-refractivity contribution in [1.29, 1.82) is 0 Å². The standard InChI is InChI=1S/C10H15N5O2S/c1-2-3-11-5-8-14-15-9(17-8)12-4-7-6-18-10(16)13-7/h6,11H,2-5H2,1H3,(H,12,15)(H,13,16). The molecule has 3 N–H and O–H groups in total. The number of aromatic nitrogens is 3. The number of aromatic amines is 1. The van der Waals surface area contributed by atoms with Crippen LogP contribution in [0.1, 0.15) is 24.9 Å². The molecule has 2 heterocycles. The van der Waals surface area contributed by atoms with Gasteiger partial charge in [0.1, 0.15) is 0 Å². The van der Waals surface area contributed by atoms with Crippen LogP contribution >= 0.6 is 11.3 Å². The summed E-state index contributed by atoms with van der Waals surface area (Å²) >= 11 is 1.13. The largest absolute Gasteiger partial charge is 0.407 e. The van der Waals surface area contributed by atoms with Crippen molar-refractivity contribution in [3.05, 3.63) is 26.6 Å². The summed E-state index contributed by atoms with van der Waals surface area (Å²) in [7, 11) is 0. The van der Waals surface area contributed by atoms with Crippen molar-refractivity contribution in [2.45, 2.75) is 26.4 Å². The van der Waals surface area contributed by atoms with Gasteiger partial charge in [0.15, 0.2) is 0 Å². The Morgan fingerprint density at radius 2 is 2.33 bits per heavy atom. The molecule has 0 fully saturated rings. The summed E-state index contributed by atoms with van der Waals surface area (Å²) in [6, 6.07) is 0.357. The molecule has 0 unspecified atom stereocenters. The molecule has 0 atom stereocenters. The predicted molar refractivity (Wildman–Crippen MR) is 68.6 cm³/mol. The average Bonchev–Trinajstić information content (AvgIpc) is 2.96. The summed E-state index contributed by atoms with van der Waals surface area (Å²) in [5, 5.41) is 15.6. The molecule has 0 bridgehead atoms. The van der Waals surface area contributed by atoms with E-state index in [1.54, 1.807) is 5.38 Å². The monoisotopic (exact) mass is 269 g/mol. The Kier molecular flexibility index (Phi) is 4.48. The zero-order valence-electron chi connectivity index (χ0n) is 10.0. The maximum atomic E-state index is 10.9. The number of rotatable bonds is 7. The number of nitrogens with zero attached hydrogens (tertiary/aromatic N) is 2. The highest BCUT2D eigenvalue weighted by Crippen LogP contribution is 2.07. The minimum atomic E-state index is -0.0678. The third-order valence-corrected chi connectivity index (χ3v) is 2.89. The van der Waals surface area contributed by atoms with Crippen LogP contribution in [0.5, 0.6) is 0 Å². The molecule has 0 aliphatic rings. The van der Waals surface area contributed by atoms with Gasteiger partial charge in [-0.05, 0) is 13.0 Å². The molecule has 0 aromatic carbocycles. The molecule has 0 radical (unpaired) electrons. The fourth-order valence-corrected chi connectivity index (χ4v) is 1.92. The quantitative estimate of drug-likeness (QED) is 0.647. The van der Waals surface area contributed by atoms with E-state index in [0.717, 1.165) is 30.0 Å². The second-order valence-corrected chi connectivity index (χ2v) is 4.55. The molecule has 2 aromatic rings. The molecule has 0 aliphatic heterocycles. The summed E-state index contributed by atoms with van der Waals surface area (Å²) in [6.07, 6.45) is 1.06. The van der Waals surface area contributed by atoms with E-state index in [1.165, 1.54) is 0 Å². The van der Waals surface area contributed by atoms with Gasteiger partial charge >= 0.3 is 10.9 Å². The van der Waals surface area contributed by atoms with Crippen LogP contribution in [0.25, 0.3) is 0 Å². The van der Waals surface area contributed by atoms with E-state index >= 15 is 0 Å². The van der Waals surface area contributed by atoms with Crippen molar-refractivity contribution in [3.63, 3.8) is 0 Å². The molecule has 2 aromatic heterocycles. The summed E-state index contributed by atoms with van der Waals surface area (Å²) < 4.78 is 5.37. The zero-order chi connectivity index (χ0) is 12.8. The Balaban J connectivity index is 1.81. The summed E-state index contributed by atoms with van der Waals surface area (Å²) in [5.74, 6) is 0.546.